The summed E-state index contributed by atoms with van der Waals surface area (Å²) >= 11 is 0. The second kappa shape index (κ2) is 6.04. The lowest BCUT2D eigenvalue weighted by atomic mass is 10.2. The summed E-state index contributed by atoms with van der Waals surface area (Å²) < 4.78 is 6.92. The van der Waals surface area contributed by atoms with Crippen LogP contribution in [0, 0.1) is 6.92 Å². The number of nitrogens with zero attached hydrogens (tertiary/aromatic N) is 5. The van der Waals surface area contributed by atoms with Crippen molar-refractivity contribution in [1.82, 2.24) is 19.9 Å². The molecule has 0 aromatic carbocycles. The third kappa shape index (κ3) is 2.85. The topological polar surface area (TPSA) is 77.0 Å². The molecule has 23 heavy (non-hydrogen) atoms. The molecule has 0 unspecified atom stereocenters. The van der Waals surface area contributed by atoms with E-state index >= 15 is 0 Å². The largest absolute Gasteiger partial charge is 0.354 e. The summed E-state index contributed by atoms with van der Waals surface area (Å²) in [5.41, 5.74) is 2.44. The van der Waals surface area contributed by atoms with Gasteiger partial charge in [-0.25, -0.2) is 0 Å². The van der Waals surface area contributed by atoms with E-state index in [1.165, 1.54) is 0 Å². The fraction of sp³-hybridized carbons (Fsp3) is 0.250. The monoisotopic (exact) mass is 311 g/mol. The standard InChI is InChI=1S/C16H17N5O2/c1-4-21(14-6-5-8-17-11(14)2)16(22)13-10-15(23-19-13)12-7-9-20(3)18-12/h5-10H,4H2,1-3H3. The highest BCUT2D eigenvalue weighted by molar-refractivity contribution is 6.05. The van der Waals surface area contributed by atoms with E-state index in [0.717, 1.165) is 11.4 Å². The van der Waals surface area contributed by atoms with Gasteiger partial charge in [0, 0.05) is 32.1 Å². The first-order valence-corrected chi connectivity index (χ1v) is 7.30. The molecule has 0 N–H and O–H groups in total. The number of pyridine rings is 1. The van der Waals surface area contributed by atoms with Crippen molar-refractivity contribution in [3.63, 3.8) is 0 Å². The van der Waals surface area contributed by atoms with Crippen LogP contribution in [0.5, 0.6) is 0 Å². The van der Waals surface area contributed by atoms with Crippen LogP contribution in [-0.2, 0) is 7.05 Å². The Balaban J connectivity index is 1.90. The van der Waals surface area contributed by atoms with E-state index in [4.69, 9.17) is 4.52 Å². The first kappa shape index (κ1) is 15.0. The van der Waals surface area contributed by atoms with E-state index in [1.807, 2.05) is 27.0 Å². The number of hydrogen-bond acceptors (Lipinski definition) is 5. The van der Waals surface area contributed by atoms with Crippen molar-refractivity contribution >= 4 is 11.6 Å². The number of carbonyl (C=O) groups is 1. The Labute approximate surface area is 133 Å². The average Bonchev–Trinajstić information content (AvgIpc) is 3.18. The third-order valence-electron chi connectivity index (χ3n) is 3.53. The van der Waals surface area contributed by atoms with Crippen molar-refractivity contribution in [2.75, 3.05) is 11.4 Å². The fourth-order valence-corrected chi connectivity index (χ4v) is 2.37. The second-order valence-electron chi connectivity index (χ2n) is 5.11. The number of rotatable bonds is 4. The van der Waals surface area contributed by atoms with Gasteiger partial charge in [-0.05, 0) is 32.0 Å². The molecule has 0 aliphatic rings. The van der Waals surface area contributed by atoms with Gasteiger partial charge in [0.1, 0.15) is 5.69 Å². The molecular formula is C16H17N5O2. The van der Waals surface area contributed by atoms with E-state index in [-0.39, 0.29) is 11.6 Å². The summed E-state index contributed by atoms with van der Waals surface area (Å²) in [7, 11) is 1.82. The smallest absolute Gasteiger partial charge is 0.280 e. The molecule has 7 nitrogen and oxygen atoms in total. The lowest BCUT2D eigenvalue weighted by Crippen LogP contribution is -2.31. The van der Waals surface area contributed by atoms with Crippen LogP contribution in [0.15, 0.2) is 41.2 Å². The van der Waals surface area contributed by atoms with Gasteiger partial charge in [0.05, 0.1) is 11.4 Å². The normalized spacial score (nSPS) is 10.7. The highest BCUT2D eigenvalue weighted by Crippen LogP contribution is 2.22. The maximum absolute atomic E-state index is 12.7. The molecule has 118 valence electrons. The molecule has 3 heterocycles. The molecule has 0 spiro atoms. The van der Waals surface area contributed by atoms with E-state index in [9.17, 15) is 4.79 Å². The van der Waals surface area contributed by atoms with Gasteiger partial charge in [-0.3, -0.25) is 14.5 Å². The second-order valence-corrected chi connectivity index (χ2v) is 5.11. The molecule has 0 bridgehead atoms. The Morgan fingerprint density at radius 2 is 2.22 bits per heavy atom. The van der Waals surface area contributed by atoms with Crippen molar-refractivity contribution < 1.29 is 9.32 Å². The predicted octanol–water partition coefficient (Wildman–Crippen LogP) is 2.45. The molecule has 0 saturated heterocycles. The zero-order valence-electron chi connectivity index (χ0n) is 13.2. The van der Waals surface area contributed by atoms with Crippen LogP contribution in [0.3, 0.4) is 0 Å². The minimum absolute atomic E-state index is 0.227. The summed E-state index contributed by atoms with van der Waals surface area (Å²) in [6.45, 7) is 4.29. The molecule has 0 fully saturated rings. The van der Waals surface area contributed by atoms with Crippen molar-refractivity contribution in [3.05, 3.63) is 48.0 Å². The minimum atomic E-state index is -0.227. The Hall–Kier alpha value is -2.96. The first-order chi connectivity index (χ1) is 11.1. The molecule has 3 rings (SSSR count). The van der Waals surface area contributed by atoms with Gasteiger partial charge < -0.3 is 9.42 Å². The summed E-state index contributed by atoms with van der Waals surface area (Å²) in [5, 5.41) is 8.13. The molecule has 0 saturated carbocycles. The van der Waals surface area contributed by atoms with E-state index in [0.29, 0.717) is 18.0 Å². The van der Waals surface area contributed by atoms with Gasteiger partial charge in [0.15, 0.2) is 11.5 Å². The SMILES string of the molecule is CCN(C(=O)c1cc(-c2ccn(C)n2)on1)c1cccnc1C. The quantitative estimate of drug-likeness (QED) is 0.739. The number of hydrogen-bond donors (Lipinski definition) is 0. The van der Waals surface area contributed by atoms with E-state index < -0.39 is 0 Å². The highest BCUT2D eigenvalue weighted by Gasteiger charge is 2.22. The maximum atomic E-state index is 12.7. The summed E-state index contributed by atoms with van der Waals surface area (Å²) in [6.07, 6.45) is 3.50. The molecular weight excluding hydrogens is 294 g/mol. The zero-order valence-corrected chi connectivity index (χ0v) is 13.2. The number of aryl methyl sites for hydroxylation is 2. The molecule has 0 radical (unpaired) electrons. The lowest BCUT2D eigenvalue weighted by molar-refractivity contribution is 0.0979. The average molecular weight is 311 g/mol. The lowest BCUT2D eigenvalue weighted by Gasteiger charge is -2.20. The van der Waals surface area contributed by atoms with Gasteiger partial charge >= 0.3 is 0 Å². The number of carbonyl (C=O) groups excluding carboxylic acids is 1. The van der Waals surface area contributed by atoms with E-state index in [1.54, 1.807) is 40.2 Å². The minimum Gasteiger partial charge on any atom is -0.354 e. The van der Waals surface area contributed by atoms with Gasteiger partial charge in [0.2, 0.25) is 0 Å². The Kier molecular flexibility index (Phi) is 3.92. The third-order valence-corrected chi connectivity index (χ3v) is 3.53. The van der Waals surface area contributed by atoms with Crippen LogP contribution >= 0.6 is 0 Å². The van der Waals surface area contributed by atoms with Gasteiger partial charge in [-0.2, -0.15) is 5.10 Å². The zero-order chi connectivity index (χ0) is 16.4. The van der Waals surface area contributed by atoms with Crippen LogP contribution in [0.1, 0.15) is 23.1 Å². The molecule has 3 aromatic heterocycles. The van der Waals surface area contributed by atoms with E-state index in [2.05, 4.69) is 15.2 Å². The molecule has 3 aromatic rings. The molecule has 1 amide bonds. The van der Waals surface area contributed by atoms with Crippen molar-refractivity contribution in [1.29, 1.82) is 0 Å². The fourth-order valence-electron chi connectivity index (χ4n) is 2.37. The predicted molar refractivity (Wildman–Crippen MR) is 85.0 cm³/mol. The summed E-state index contributed by atoms with van der Waals surface area (Å²) in [5.74, 6) is 0.238. The number of anilines is 1. The molecule has 0 aliphatic carbocycles. The number of aromatic nitrogens is 4. The van der Waals surface area contributed by atoms with Crippen LogP contribution < -0.4 is 4.90 Å². The molecule has 0 atom stereocenters. The van der Waals surface area contributed by atoms with Crippen LogP contribution in [0.2, 0.25) is 0 Å². The summed E-state index contributed by atoms with van der Waals surface area (Å²) in [4.78, 5) is 18.6. The van der Waals surface area contributed by atoms with Crippen molar-refractivity contribution in [2.45, 2.75) is 13.8 Å². The van der Waals surface area contributed by atoms with Crippen LogP contribution in [0.4, 0.5) is 5.69 Å². The molecule has 7 heteroatoms. The van der Waals surface area contributed by atoms with Gasteiger partial charge in [-0.1, -0.05) is 5.16 Å². The number of amides is 1. The Morgan fingerprint density at radius 3 is 2.87 bits per heavy atom. The Bertz CT molecular complexity index is 836. The van der Waals surface area contributed by atoms with Crippen LogP contribution in [0.25, 0.3) is 11.5 Å². The van der Waals surface area contributed by atoms with Crippen molar-refractivity contribution in [3.8, 4) is 11.5 Å². The summed E-state index contributed by atoms with van der Waals surface area (Å²) in [6, 6.07) is 7.08. The van der Waals surface area contributed by atoms with Gasteiger partial charge in [-0.15, -0.1) is 0 Å². The molecule has 0 aliphatic heterocycles. The highest BCUT2D eigenvalue weighted by atomic mass is 16.5. The van der Waals surface area contributed by atoms with Gasteiger partial charge in [0.25, 0.3) is 5.91 Å². The first-order valence-electron chi connectivity index (χ1n) is 7.30. The Morgan fingerprint density at radius 1 is 1.39 bits per heavy atom. The van der Waals surface area contributed by atoms with Crippen molar-refractivity contribution in [2.24, 2.45) is 7.05 Å². The maximum Gasteiger partial charge on any atom is 0.280 e. The van der Waals surface area contributed by atoms with Crippen LogP contribution in [-0.4, -0.2) is 32.4 Å².